The molecule has 0 N–H and O–H groups in total. The maximum absolute atomic E-state index is 4.35. The molecule has 2 aromatic heterocycles. The molecule has 0 saturated carbocycles. The second-order valence-electron chi connectivity index (χ2n) is 2.93. The van der Waals surface area contributed by atoms with Crippen LogP contribution >= 0.6 is 0 Å². The van der Waals surface area contributed by atoms with E-state index in [1.165, 1.54) is 11.2 Å². The van der Waals surface area contributed by atoms with Crippen molar-refractivity contribution in [2.75, 3.05) is 0 Å². The molecule has 2 nitrogen and oxygen atoms in total. The summed E-state index contributed by atoms with van der Waals surface area (Å²) >= 11 is 0. The average Bonchev–Trinajstić information content (AvgIpc) is 2.66. The van der Waals surface area contributed by atoms with Gasteiger partial charge in [-0.25, -0.2) is 4.98 Å². The molecule has 0 aromatic carbocycles. The lowest BCUT2D eigenvalue weighted by Crippen LogP contribution is -1.84. The number of rotatable bonds is 2. The number of pyridine rings is 1. The van der Waals surface area contributed by atoms with Crippen LogP contribution in [-0.2, 0) is 6.42 Å². The number of aryl methyl sites for hydroxylation is 1. The van der Waals surface area contributed by atoms with E-state index in [1.54, 1.807) is 0 Å². The zero-order valence-corrected chi connectivity index (χ0v) is 9.20. The number of fused-ring (bicyclic) bond motifs is 1. The van der Waals surface area contributed by atoms with Crippen molar-refractivity contribution < 1.29 is 0 Å². The molecule has 0 atom stereocenters. The van der Waals surface area contributed by atoms with E-state index in [-0.39, 0.29) is 0 Å². The molecule has 0 fully saturated rings. The van der Waals surface area contributed by atoms with Crippen molar-refractivity contribution in [1.29, 1.82) is 0 Å². The van der Waals surface area contributed by atoms with Gasteiger partial charge < -0.3 is 4.40 Å². The third kappa shape index (κ3) is 2.13. The molecule has 2 aromatic rings. The van der Waals surface area contributed by atoms with Gasteiger partial charge in [0.05, 0.1) is 17.5 Å². The van der Waals surface area contributed by atoms with Gasteiger partial charge in [-0.05, 0) is 18.6 Å². The first-order valence-electron chi connectivity index (χ1n) is 5.32. The Hall–Kier alpha value is -1.31. The Morgan fingerprint density at radius 2 is 2.07 bits per heavy atom. The summed E-state index contributed by atoms with van der Waals surface area (Å²) in [5.74, 6) is 0. The topological polar surface area (TPSA) is 17.3 Å². The summed E-state index contributed by atoms with van der Waals surface area (Å²) in [6.45, 7) is 6.17. The van der Waals surface area contributed by atoms with Crippen molar-refractivity contribution in [1.82, 2.24) is 9.38 Å². The van der Waals surface area contributed by atoms with Crippen molar-refractivity contribution in [3.63, 3.8) is 0 Å². The number of hydrogen-bond acceptors (Lipinski definition) is 1. The van der Waals surface area contributed by atoms with E-state index < -0.39 is 0 Å². The number of hydrogen-bond donors (Lipinski definition) is 0. The van der Waals surface area contributed by atoms with E-state index in [2.05, 4.69) is 28.4 Å². The summed E-state index contributed by atoms with van der Waals surface area (Å²) in [5, 5.41) is 0. The van der Waals surface area contributed by atoms with Crippen LogP contribution in [0.2, 0.25) is 0 Å². The maximum Gasteiger partial charge on any atom is 0.0995 e. The fourth-order valence-corrected chi connectivity index (χ4v) is 1.43. The van der Waals surface area contributed by atoms with Gasteiger partial charge in [0.15, 0.2) is 0 Å². The van der Waals surface area contributed by atoms with Gasteiger partial charge in [0.25, 0.3) is 0 Å². The van der Waals surface area contributed by atoms with Crippen LogP contribution in [0, 0.1) is 0 Å². The van der Waals surface area contributed by atoms with Crippen LogP contribution in [-0.4, -0.2) is 9.38 Å². The Morgan fingerprint density at radius 3 is 2.79 bits per heavy atom. The number of imidazole rings is 1. The molecule has 0 aliphatic heterocycles. The molecule has 0 saturated heterocycles. The van der Waals surface area contributed by atoms with Gasteiger partial charge in [0, 0.05) is 6.20 Å². The summed E-state index contributed by atoms with van der Waals surface area (Å²) in [6, 6.07) is 6.18. The molecule has 0 radical (unpaired) electrons. The van der Waals surface area contributed by atoms with Crippen molar-refractivity contribution >= 4 is 5.52 Å². The molecule has 2 rings (SSSR count). The van der Waals surface area contributed by atoms with E-state index in [0.717, 1.165) is 12.8 Å². The highest BCUT2D eigenvalue weighted by atomic mass is 15.0. The van der Waals surface area contributed by atoms with Gasteiger partial charge in [-0.3, -0.25) is 0 Å². The smallest absolute Gasteiger partial charge is 0.0995 e. The fourth-order valence-electron chi connectivity index (χ4n) is 1.43. The number of nitrogens with zero attached hydrogens (tertiary/aromatic N) is 2. The predicted octanol–water partition coefficient (Wildman–Crippen LogP) is 3.31. The molecule has 76 valence electrons. The third-order valence-electron chi connectivity index (χ3n) is 2.01. The molecule has 14 heavy (non-hydrogen) atoms. The van der Waals surface area contributed by atoms with Crippen LogP contribution in [0.15, 0.2) is 30.7 Å². The van der Waals surface area contributed by atoms with Crippen molar-refractivity contribution in [2.24, 2.45) is 0 Å². The summed E-state index contributed by atoms with van der Waals surface area (Å²) < 4.78 is 2.06. The first kappa shape index (κ1) is 10.8. The SMILES string of the molecule is CC.CCCc1ncn2ccccc12. The summed E-state index contributed by atoms with van der Waals surface area (Å²) in [4.78, 5) is 4.35. The molecular weight excluding hydrogens is 172 g/mol. The van der Waals surface area contributed by atoms with Gasteiger partial charge in [-0.15, -0.1) is 0 Å². The Labute approximate surface area is 85.6 Å². The minimum absolute atomic E-state index is 1.07. The van der Waals surface area contributed by atoms with Gasteiger partial charge in [-0.1, -0.05) is 33.3 Å². The first-order chi connectivity index (χ1) is 6.92. The fraction of sp³-hybridized carbons (Fsp3) is 0.417. The lowest BCUT2D eigenvalue weighted by molar-refractivity contribution is 0.899. The van der Waals surface area contributed by atoms with Crippen molar-refractivity contribution in [3.8, 4) is 0 Å². The highest BCUT2D eigenvalue weighted by Gasteiger charge is 2.00. The Kier molecular flexibility index (Phi) is 4.17. The van der Waals surface area contributed by atoms with Gasteiger partial charge in [0.1, 0.15) is 0 Å². The van der Waals surface area contributed by atoms with Crippen LogP contribution in [0.4, 0.5) is 0 Å². The molecular formula is C12H18N2. The van der Waals surface area contributed by atoms with Crippen LogP contribution in [0.25, 0.3) is 5.52 Å². The summed E-state index contributed by atoms with van der Waals surface area (Å²) in [6.07, 6.45) is 6.13. The highest BCUT2D eigenvalue weighted by Crippen LogP contribution is 2.10. The molecule has 0 unspecified atom stereocenters. The summed E-state index contributed by atoms with van der Waals surface area (Å²) in [7, 11) is 0. The maximum atomic E-state index is 4.35. The number of aromatic nitrogens is 2. The highest BCUT2D eigenvalue weighted by molar-refractivity contribution is 5.51. The minimum atomic E-state index is 1.07. The zero-order valence-electron chi connectivity index (χ0n) is 9.20. The third-order valence-corrected chi connectivity index (χ3v) is 2.01. The van der Waals surface area contributed by atoms with E-state index in [1.807, 2.05) is 32.4 Å². The lowest BCUT2D eigenvalue weighted by Gasteiger charge is -1.94. The second kappa shape index (κ2) is 5.43. The van der Waals surface area contributed by atoms with Crippen LogP contribution in [0.1, 0.15) is 32.9 Å². The van der Waals surface area contributed by atoms with E-state index in [4.69, 9.17) is 0 Å². The predicted molar refractivity (Wildman–Crippen MR) is 60.5 cm³/mol. The van der Waals surface area contributed by atoms with Crippen LogP contribution in [0.3, 0.4) is 0 Å². The molecule has 2 heteroatoms. The minimum Gasteiger partial charge on any atom is -0.306 e. The lowest BCUT2D eigenvalue weighted by atomic mass is 10.2. The van der Waals surface area contributed by atoms with Gasteiger partial charge in [-0.2, -0.15) is 0 Å². The van der Waals surface area contributed by atoms with Gasteiger partial charge >= 0.3 is 0 Å². The van der Waals surface area contributed by atoms with E-state index in [0.29, 0.717) is 0 Å². The normalized spacial score (nSPS) is 9.64. The molecule has 2 heterocycles. The second-order valence-corrected chi connectivity index (χ2v) is 2.93. The monoisotopic (exact) mass is 190 g/mol. The van der Waals surface area contributed by atoms with E-state index >= 15 is 0 Å². The average molecular weight is 190 g/mol. The molecule has 0 aliphatic rings. The Bertz CT molecular complexity index is 376. The molecule has 0 amide bonds. The van der Waals surface area contributed by atoms with Crippen molar-refractivity contribution in [3.05, 3.63) is 36.4 Å². The van der Waals surface area contributed by atoms with Crippen LogP contribution in [0.5, 0.6) is 0 Å². The molecule has 0 aliphatic carbocycles. The zero-order chi connectivity index (χ0) is 10.4. The van der Waals surface area contributed by atoms with Gasteiger partial charge in [0.2, 0.25) is 0 Å². The van der Waals surface area contributed by atoms with E-state index in [9.17, 15) is 0 Å². The Balaban J connectivity index is 0.000000461. The quantitative estimate of drug-likeness (QED) is 0.710. The standard InChI is InChI=1S/C10H12N2.C2H6/c1-2-5-9-10-6-3-4-7-12(10)8-11-9;1-2/h3-4,6-8H,2,5H2,1H3;1-2H3. The van der Waals surface area contributed by atoms with Crippen molar-refractivity contribution in [2.45, 2.75) is 33.6 Å². The summed E-state index contributed by atoms with van der Waals surface area (Å²) in [5.41, 5.74) is 2.44. The Morgan fingerprint density at radius 1 is 1.29 bits per heavy atom. The van der Waals surface area contributed by atoms with Crippen LogP contribution < -0.4 is 0 Å². The first-order valence-corrected chi connectivity index (χ1v) is 5.32. The molecule has 0 spiro atoms. The largest absolute Gasteiger partial charge is 0.306 e. The molecule has 0 bridgehead atoms.